The van der Waals surface area contributed by atoms with Gasteiger partial charge in [0.1, 0.15) is 11.5 Å². The topological polar surface area (TPSA) is 84.5 Å². The van der Waals surface area contributed by atoms with Crippen LogP contribution in [0.4, 0.5) is 11.4 Å². The molecule has 4 aromatic rings. The van der Waals surface area contributed by atoms with Crippen LogP contribution in [0.5, 0.6) is 11.5 Å². The molecule has 33 heavy (non-hydrogen) atoms. The molecular weight excluding hydrogens is 436 g/mol. The number of rotatable bonds is 7. The Kier molecular flexibility index (Phi) is 6.42. The maximum absolute atomic E-state index is 12.7. The first-order valence-electron chi connectivity index (χ1n) is 10.2. The van der Waals surface area contributed by atoms with Gasteiger partial charge in [0.05, 0.1) is 4.90 Å². The zero-order chi connectivity index (χ0) is 23.3. The molecule has 0 aromatic heterocycles. The number of ether oxygens (including phenoxy) is 1. The predicted molar refractivity (Wildman–Crippen MR) is 129 cm³/mol. The molecule has 0 aliphatic heterocycles. The smallest absolute Gasteiger partial charge is 0.261 e. The summed E-state index contributed by atoms with van der Waals surface area (Å²) < 4.78 is 33.5. The van der Waals surface area contributed by atoms with Crippen molar-refractivity contribution in [2.24, 2.45) is 0 Å². The van der Waals surface area contributed by atoms with Crippen LogP contribution in [0.25, 0.3) is 0 Å². The normalized spacial score (nSPS) is 10.9. The largest absolute Gasteiger partial charge is 0.457 e. The van der Waals surface area contributed by atoms with Crippen molar-refractivity contribution in [1.29, 1.82) is 0 Å². The van der Waals surface area contributed by atoms with Gasteiger partial charge < -0.3 is 10.1 Å². The molecule has 0 aliphatic carbocycles. The lowest BCUT2D eigenvalue weighted by Crippen LogP contribution is -2.15. The fraction of sp³-hybridized carbons (Fsp3) is 0.0385. The third-order valence-electron chi connectivity index (χ3n) is 4.80. The fourth-order valence-corrected chi connectivity index (χ4v) is 4.14. The number of nitrogens with one attached hydrogen (secondary N) is 2. The lowest BCUT2D eigenvalue weighted by Gasteiger charge is -2.11. The van der Waals surface area contributed by atoms with Crippen LogP contribution in [0.3, 0.4) is 0 Å². The number of anilines is 2. The molecule has 0 atom stereocenters. The minimum Gasteiger partial charge on any atom is -0.457 e. The van der Waals surface area contributed by atoms with Crippen LogP contribution in [0.15, 0.2) is 108 Å². The van der Waals surface area contributed by atoms with Crippen molar-refractivity contribution >= 4 is 27.3 Å². The number of hydrogen-bond acceptors (Lipinski definition) is 4. The lowest BCUT2D eigenvalue weighted by atomic mass is 10.2. The quantitative estimate of drug-likeness (QED) is 0.364. The van der Waals surface area contributed by atoms with Crippen LogP contribution in [0.1, 0.15) is 15.9 Å². The summed E-state index contributed by atoms with van der Waals surface area (Å²) in [5, 5.41) is 2.81. The average Bonchev–Trinajstić information content (AvgIpc) is 2.81. The Labute approximate surface area is 192 Å². The predicted octanol–water partition coefficient (Wildman–Crippen LogP) is 5.84. The molecule has 1 amide bonds. The summed E-state index contributed by atoms with van der Waals surface area (Å²) in [6.07, 6.45) is 0. The average molecular weight is 459 g/mol. The highest BCUT2D eigenvalue weighted by atomic mass is 32.2. The van der Waals surface area contributed by atoms with Gasteiger partial charge in [0.15, 0.2) is 0 Å². The zero-order valence-corrected chi connectivity index (χ0v) is 18.7. The van der Waals surface area contributed by atoms with Gasteiger partial charge in [-0.05, 0) is 73.7 Å². The van der Waals surface area contributed by atoms with E-state index in [1.54, 1.807) is 66.7 Å². The maximum atomic E-state index is 12.7. The zero-order valence-electron chi connectivity index (χ0n) is 17.9. The van der Waals surface area contributed by atoms with E-state index in [1.807, 2.05) is 37.3 Å². The molecular formula is C26H22N2O4S. The highest BCUT2D eigenvalue weighted by Crippen LogP contribution is 2.23. The van der Waals surface area contributed by atoms with Gasteiger partial charge in [-0.1, -0.05) is 42.0 Å². The number of carbonyl (C=O) groups is 1. The van der Waals surface area contributed by atoms with Gasteiger partial charge in [-0.2, -0.15) is 0 Å². The molecule has 0 saturated heterocycles. The van der Waals surface area contributed by atoms with E-state index in [0.29, 0.717) is 22.7 Å². The van der Waals surface area contributed by atoms with Crippen molar-refractivity contribution in [3.63, 3.8) is 0 Å². The summed E-state index contributed by atoms with van der Waals surface area (Å²) in [6.45, 7) is 1.88. The Balaban J connectivity index is 1.43. The van der Waals surface area contributed by atoms with E-state index in [9.17, 15) is 13.2 Å². The monoisotopic (exact) mass is 458 g/mol. The molecule has 7 heteroatoms. The van der Waals surface area contributed by atoms with E-state index >= 15 is 0 Å². The third-order valence-corrected chi connectivity index (χ3v) is 6.20. The van der Waals surface area contributed by atoms with Gasteiger partial charge in [0, 0.05) is 16.9 Å². The van der Waals surface area contributed by atoms with E-state index < -0.39 is 10.0 Å². The van der Waals surface area contributed by atoms with Crippen molar-refractivity contribution in [1.82, 2.24) is 0 Å². The Morgan fingerprint density at radius 3 is 2.09 bits per heavy atom. The molecule has 0 saturated carbocycles. The van der Waals surface area contributed by atoms with Crippen molar-refractivity contribution < 1.29 is 17.9 Å². The number of amides is 1. The molecule has 0 unspecified atom stereocenters. The standard InChI is InChI=1S/C26H22N2O4S/c1-19-10-16-25(17-11-19)33(30,31)28-22-7-5-6-20(18-22)26(29)27-21-12-14-24(15-13-21)32-23-8-3-2-4-9-23/h2-18,28H,1H3,(H,27,29). The Hall–Kier alpha value is -4.10. The lowest BCUT2D eigenvalue weighted by molar-refractivity contribution is 0.102. The summed E-state index contributed by atoms with van der Waals surface area (Å²) in [5.41, 5.74) is 2.18. The molecule has 0 heterocycles. The molecule has 6 nitrogen and oxygen atoms in total. The van der Waals surface area contributed by atoms with Crippen LogP contribution in [-0.2, 0) is 10.0 Å². The first-order valence-corrected chi connectivity index (χ1v) is 11.7. The molecule has 0 fully saturated rings. The first-order chi connectivity index (χ1) is 15.9. The van der Waals surface area contributed by atoms with Crippen LogP contribution in [0, 0.1) is 6.92 Å². The molecule has 2 N–H and O–H groups in total. The van der Waals surface area contributed by atoms with Gasteiger partial charge in [-0.25, -0.2) is 8.42 Å². The fourth-order valence-electron chi connectivity index (χ4n) is 3.09. The maximum Gasteiger partial charge on any atom is 0.261 e. The van der Waals surface area contributed by atoms with Gasteiger partial charge in [-0.15, -0.1) is 0 Å². The third kappa shape index (κ3) is 5.78. The van der Waals surface area contributed by atoms with Crippen LogP contribution < -0.4 is 14.8 Å². The van der Waals surface area contributed by atoms with Crippen molar-refractivity contribution in [3.05, 3.63) is 114 Å². The molecule has 166 valence electrons. The van der Waals surface area contributed by atoms with E-state index in [1.165, 1.54) is 6.07 Å². The summed E-state index contributed by atoms with van der Waals surface area (Å²) in [4.78, 5) is 12.8. The molecule has 4 rings (SSSR count). The second-order valence-corrected chi connectivity index (χ2v) is 9.08. The van der Waals surface area contributed by atoms with Crippen molar-refractivity contribution in [2.75, 3.05) is 10.0 Å². The SMILES string of the molecule is Cc1ccc(S(=O)(=O)Nc2cccc(C(=O)Nc3ccc(Oc4ccccc4)cc3)c2)cc1. The number of benzene rings is 4. The number of carbonyl (C=O) groups excluding carboxylic acids is 1. The Bertz CT molecular complexity index is 1350. The van der Waals surface area contributed by atoms with Gasteiger partial charge in [0.25, 0.3) is 15.9 Å². The number of sulfonamides is 1. The Morgan fingerprint density at radius 1 is 0.727 bits per heavy atom. The van der Waals surface area contributed by atoms with Crippen LogP contribution in [-0.4, -0.2) is 14.3 Å². The number of aryl methyl sites for hydroxylation is 1. The minimum absolute atomic E-state index is 0.153. The van der Waals surface area contributed by atoms with E-state index in [0.717, 1.165) is 11.3 Å². The van der Waals surface area contributed by atoms with Crippen molar-refractivity contribution in [3.8, 4) is 11.5 Å². The summed E-state index contributed by atoms with van der Waals surface area (Å²) in [7, 11) is -3.76. The second-order valence-electron chi connectivity index (χ2n) is 7.39. The summed E-state index contributed by atoms with van der Waals surface area (Å²) in [6, 6.07) is 29.3. The summed E-state index contributed by atoms with van der Waals surface area (Å²) >= 11 is 0. The molecule has 0 aliphatic rings. The van der Waals surface area contributed by atoms with E-state index in [4.69, 9.17) is 4.74 Å². The van der Waals surface area contributed by atoms with Gasteiger partial charge in [-0.3, -0.25) is 9.52 Å². The van der Waals surface area contributed by atoms with E-state index in [2.05, 4.69) is 10.0 Å². The van der Waals surface area contributed by atoms with Gasteiger partial charge >= 0.3 is 0 Å². The number of para-hydroxylation sites is 1. The molecule has 4 aromatic carbocycles. The van der Waals surface area contributed by atoms with Crippen LogP contribution >= 0.6 is 0 Å². The Morgan fingerprint density at radius 2 is 1.39 bits per heavy atom. The molecule has 0 bridgehead atoms. The van der Waals surface area contributed by atoms with Crippen molar-refractivity contribution in [2.45, 2.75) is 11.8 Å². The second kappa shape index (κ2) is 9.58. The number of hydrogen-bond donors (Lipinski definition) is 2. The summed E-state index contributed by atoms with van der Waals surface area (Å²) in [5.74, 6) is 1.01. The van der Waals surface area contributed by atoms with Crippen LogP contribution in [0.2, 0.25) is 0 Å². The molecule has 0 radical (unpaired) electrons. The van der Waals surface area contributed by atoms with Gasteiger partial charge in [0.2, 0.25) is 0 Å². The highest BCUT2D eigenvalue weighted by Gasteiger charge is 2.15. The minimum atomic E-state index is -3.76. The molecule has 0 spiro atoms. The first kappa shape index (κ1) is 22.1. The van der Waals surface area contributed by atoms with E-state index in [-0.39, 0.29) is 10.8 Å². The highest BCUT2D eigenvalue weighted by molar-refractivity contribution is 7.92.